The Bertz CT molecular complexity index is 432. The second kappa shape index (κ2) is 5.57. The van der Waals surface area contributed by atoms with Crippen molar-refractivity contribution >= 4 is 0 Å². The molecule has 3 nitrogen and oxygen atoms in total. The van der Waals surface area contributed by atoms with Gasteiger partial charge in [-0.05, 0) is 43.9 Å². The molecule has 0 radical (unpaired) electrons. The molecule has 1 aliphatic carbocycles. The van der Waals surface area contributed by atoms with Crippen LogP contribution >= 0.6 is 0 Å². The van der Waals surface area contributed by atoms with Gasteiger partial charge in [-0.1, -0.05) is 18.9 Å². The average Bonchev–Trinajstić information content (AvgIpc) is 2.83. The van der Waals surface area contributed by atoms with Crippen LogP contribution in [-0.4, -0.2) is 12.7 Å². The van der Waals surface area contributed by atoms with Crippen molar-refractivity contribution in [3.63, 3.8) is 0 Å². The zero-order chi connectivity index (χ0) is 14.0. The lowest BCUT2D eigenvalue weighted by atomic mass is 9.84. The van der Waals surface area contributed by atoms with Gasteiger partial charge in [-0.2, -0.15) is 0 Å². The summed E-state index contributed by atoms with van der Waals surface area (Å²) in [7, 11) is 1.69. The van der Waals surface area contributed by atoms with E-state index in [1.165, 1.54) is 0 Å². The summed E-state index contributed by atoms with van der Waals surface area (Å²) in [6.07, 6.45) is 4.01. The van der Waals surface area contributed by atoms with Crippen LogP contribution < -0.4 is 11.3 Å². The van der Waals surface area contributed by atoms with Gasteiger partial charge in [0.15, 0.2) is 0 Å². The molecule has 1 aromatic rings. The van der Waals surface area contributed by atoms with Crippen LogP contribution in [0.1, 0.15) is 48.4 Å². The van der Waals surface area contributed by atoms with Gasteiger partial charge >= 0.3 is 0 Å². The van der Waals surface area contributed by atoms with E-state index in [2.05, 4.69) is 5.43 Å². The minimum atomic E-state index is -0.393. The largest absolute Gasteiger partial charge is 0.376 e. The normalized spacial score (nSPS) is 19.6. The number of nitrogens with two attached hydrogens (primary N) is 1. The van der Waals surface area contributed by atoms with Gasteiger partial charge in [-0.15, -0.1) is 0 Å². The van der Waals surface area contributed by atoms with Gasteiger partial charge in [-0.25, -0.2) is 9.82 Å². The van der Waals surface area contributed by atoms with Gasteiger partial charge < -0.3 is 4.74 Å². The number of rotatable bonds is 4. The van der Waals surface area contributed by atoms with Crippen LogP contribution in [0, 0.1) is 19.7 Å². The van der Waals surface area contributed by atoms with Gasteiger partial charge in [0, 0.05) is 12.7 Å². The third-order valence-corrected chi connectivity index (χ3v) is 4.32. The Hall–Kier alpha value is -0.970. The van der Waals surface area contributed by atoms with Crippen LogP contribution in [0.4, 0.5) is 4.39 Å². The van der Waals surface area contributed by atoms with E-state index in [0.717, 1.165) is 36.8 Å². The second-order valence-corrected chi connectivity index (χ2v) is 5.55. The molecule has 1 aromatic carbocycles. The fraction of sp³-hybridized carbons (Fsp3) is 0.600. The highest BCUT2D eigenvalue weighted by molar-refractivity contribution is 5.36. The van der Waals surface area contributed by atoms with Crippen molar-refractivity contribution < 1.29 is 9.13 Å². The number of hydrazine groups is 1. The number of halogens is 1. The first-order valence-corrected chi connectivity index (χ1v) is 6.82. The molecule has 1 fully saturated rings. The highest BCUT2D eigenvalue weighted by Gasteiger charge is 2.43. The minimum absolute atomic E-state index is 0.205. The van der Waals surface area contributed by atoms with Crippen molar-refractivity contribution in [2.75, 3.05) is 7.11 Å². The highest BCUT2D eigenvalue weighted by Crippen LogP contribution is 2.43. The average molecular weight is 266 g/mol. The summed E-state index contributed by atoms with van der Waals surface area (Å²) in [5, 5.41) is 0. The summed E-state index contributed by atoms with van der Waals surface area (Å²) >= 11 is 0. The third-order valence-electron chi connectivity index (χ3n) is 4.32. The molecule has 0 saturated heterocycles. The molecule has 1 unspecified atom stereocenters. The van der Waals surface area contributed by atoms with Gasteiger partial charge in [0.25, 0.3) is 0 Å². The van der Waals surface area contributed by atoms with Gasteiger partial charge in [0.1, 0.15) is 5.82 Å². The van der Waals surface area contributed by atoms with E-state index in [1.807, 2.05) is 19.9 Å². The Morgan fingerprint density at radius 1 is 1.32 bits per heavy atom. The summed E-state index contributed by atoms with van der Waals surface area (Å²) in [6.45, 7) is 3.82. The molecule has 1 atom stereocenters. The van der Waals surface area contributed by atoms with Gasteiger partial charge in [0.2, 0.25) is 0 Å². The molecule has 19 heavy (non-hydrogen) atoms. The zero-order valence-electron chi connectivity index (χ0n) is 11.9. The molecule has 106 valence electrons. The predicted octanol–water partition coefficient (Wildman–Crippen LogP) is 2.91. The summed E-state index contributed by atoms with van der Waals surface area (Å²) < 4.78 is 20.1. The van der Waals surface area contributed by atoms with E-state index < -0.39 is 5.60 Å². The van der Waals surface area contributed by atoms with Crippen LogP contribution in [0.5, 0.6) is 0 Å². The Morgan fingerprint density at radius 2 is 1.95 bits per heavy atom. The second-order valence-electron chi connectivity index (χ2n) is 5.55. The van der Waals surface area contributed by atoms with Crippen molar-refractivity contribution in [2.45, 2.75) is 51.2 Å². The maximum absolute atomic E-state index is 14.4. The molecular weight excluding hydrogens is 243 g/mol. The number of benzene rings is 1. The molecule has 0 aliphatic heterocycles. The van der Waals surface area contributed by atoms with E-state index in [0.29, 0.717) is 5.56 Å². The van der Waals surface area contributed by atoms with Crippen LogP contribution in [0.2, 0.25) is 0 Å². The fourth-order valence-electron chi connectivity index (χ4n) is 3.37. The molecule has 0 bridgehead atoms. The molecule has 0 heterocycles. The molecular formula is C15H23FN2O. The van der Waals surface area contributed by atoms with Gasteiger partial charge in [0.05, 0.1) is 11.6 Å². The number of hydrogen-bond acceptors (Lipinski definition) is 3. The Morgan fingerprint density at radius 3 is 2.42 bits per heavy atom. The third kappa shape index (κ3) is 2.53. The fourth-order valence-corrected chi connectivity index (χ4v) is 3.37. The zero-order valence-corrected chi connectivity index (χ0v) is 11.9. The molecule has 4 heteroatoms. The number of nitrogens with one attached hydrogen (secondary N) is 1. The van der Waals surface area contributed by atoms with Crippen molar-refractivity contribution in [1.82, 2.24) is 5.43 Å². The van der Waals surface area contributed by atoms with Crippen LogP contribution in [0.25, 0.3) is 0 Å². The van der Waals surface area contributed by atoms with Crippen molar-refractivity contribution in [2.24, 2.45) is 5.84 Å². The SMILES string of the molecule is COC1(C(NN)c2c(C)cc(C)cc2F)CCCC1. The smallest absolute Gasteiger partial charge is 0.128 e. The molecule has 1 aliphatic rings. The van der Waals surface area contributed by atoms with Crippen LogP contribution in [0.15, 0.2) is 12.1 Å². The van der Waals surface area contributed by atoms with Crippen molar-refractivity contribution in [3.05, 3.63) is 34.6 Å². The topological polar surface area (TPSA) is 47.3 Å². The molecule has 0 amide bonds. The highest BCUT2D eigenvalue weighted by atomic mass is 19.1. The molecule has 0 aromatic heterocycles. The van der Waals surface area contributed by atoms with E-state index in [9.17, 15) is 4.39 Å². The van der Waals surface area contributed by atoms with E-state index >= 15 is 0 Å². The first kappa shape index (κ1) is 14.4. The summed E-state index contributed by atoms with van der Waals surface area (Å²) in [4.78, 5) is 0. The summed E-state index contributed by atoms with van der Waals surface area (Å²) in [5.74, 6) is 5.52. The first-order chi connectivity index (χ1) is 9.04. The lowest BCUT2D eigenvalue weighted by molar-refractivity contribution is -0.0379. The monoisotopic (exact) mass is 266 g/mol. The number of ether oxygens (including phenoxy) is 1. The van der Waals surface area contributed by atoms with E-state index in [1.54, 1.807) is 13.2 Å². The molecule has 0 spiro atoms. The predicted molar refractivity (Wildman–Crippen MR) is 74.1 cm³/mol. The molecule has 3 N–H and O–H groups in total. The van der Waals surface area contributed by atoms with Crippen LogP contribution in [0.3, 0.4) is 0 Å². The lowest BCUT2D eigenvalue weighted by Gasteiger charge is -2.37. The van der Waals surface area contributed by atoms with Crippen molar-refractivity contribution in [1.29, 1.82) is 0 Å². The standard InChI is InChI=1S/C15H23FN2O/c1-10-8-11(2)13(12(16)9-10)14(18-17)15(19-3)6-4-5-7-15/h8-9,14,18H,4-7,17H2,1-3H3. The Balaban J connectivity index is 2.47. The first-order valence-electron chi connectivity index (χ1n) is 6.82. The minimum Gasteiger partial charge on any atom is -0.376 e. The summed E-state index contributed by atoms with van der Waals surface area (Å²) in [6, 6.07) is 3.24. The maximum atomic E-state index is 14.4. The molecule has 1 saturated carbocycles. The Labute approximate surface area is 114 Å². The quantitative estimate of drug-likeness (QED) is 0.650. The number of hydrogen-bond donors (Lipinski definition) is 2. The van der Waals surface area contributed by atoms with Crippen molar-refractivity contribution in [3.8, 4) is 0 Å². The Kier molecular flexibility index (Phi) is 4.23. The number of aryl methyl sites for hydroxylation is 2. The van der Waals surface area contributed by atoms with E-state index in [-0.39, 0.29) is 11.9 Å². The van der Waals surface area contributed by atoms with E-state index in [4.69, 9.17) is 10.6 Å². The van der Waals surface area contributed by atoms with Crippen LogP contribution in [-0.2, 0) is 4.74 Å². The van der Waals surface area contributed by atoms with Gasteiger partial charge in [-0.3, -0.25) is 5.84 Å². The lowest BCUT2D eigenvalue weighted by Crippen LogP contribution is -2.47. The number of methoxy groups -OCH3 is 1. The summed E-state index contributed by atoms with van der Waals surface area (Å²) in [5.41, 5.74) is 4.87. The molecule has 2 rings (SSSR count). The maximum Gasteiger partial charge on any atom is 0.128 e.